The standard InChI is InChI=1S/C12H13NOS/c1-8-2-3-10-9(6-8)13-11(14)12(4-5-12)7-15-10/h2-3,6H,4-5,7H2,1H3,(H,13,14). The highest BCUT2D eigenvalue weighted by Gasteiger charge is 2.50. The minimum Gasteiger partial charge on any atom is -0.325 e. The molecule has 0 radical (unpaired) electrons. The van der Waals surface area contributed by atoms with E-state index < -0.39 is 0 Å². The number of nitrogens with one attached hydrogen (secondary N) is 1. The van der Waals surface area contributed by atoms with Gasteiger partial charge in [0.2, 0.25) is 5.91 Å². The van der Waals surface area contributed by atoms with Gasteiger partial charge in [0.15, 0.2) is 0 Å². The van der Waals surface area contributed by atoms with Crippen LogP contribution in [-0.2, 0) is 4.79 Å². The molecule has 0 saturated heterocycles. The van der Waals surface area contributed by atoms with E-state index in [0.717, 1.165) is 24.3 Å². The summed E-state index contributed by atoms with van der Waals surface area (Å²) in [7, 11) is 0. The first-order valence-corrected chi connectivity index (χ1v) is 6.23. The number of carbonyl (C=O) groups excluding carboxylic acids is 1. The number of fused-ring (bicyclic) bond motifs is 1. The van der Waals surface area contributed by atoms with Gasteiger partial charge in [-0.05, 0) is 37.5 Å². The number of rotatable bonds is 0. The first-order chi connectivity index (χ1) is 7.20. The van der Waals surface area contributed by atoms with Crippen molar-refractivity contribution < 1.29 is 4.79 Å². The van der Waals surface area contributed by atoms with Crippen LogP contribution in [0, 0.1) is 12.3 Å². The third-order valence-electron chi connectivity index (χ3n) is 3.22. The lowest BCUT2D eigenvalue weighted by Gasteiger charge is -2.08. The van der Waals surface area contributed by atoms with Crippen molar-refractivity contribution in [3.05, 3.63) is 23.8 Å². The molecular formula is C12H13NOS. The van der Waals surface area contributed by atoms with E-state index in [2.05, 4.69) is 30.4 Å². The van der Waals surface area contributed by atoms with E-state index in [4.69, 9.17) is 0 Å². The molecule has 1 amide bonds. The third-order valence-corrected chi connectivity index (χ3v) is 4.59. The second kappa shape index (κ2) is 3.01. The van der Waals surface area contributed by atoms with E-state index in [0.29, 0.717) is 0 Å². The molecule has 1 saturated carbocycles. The highest BCUT2D eigenvalue weighted by atomic mass is 32.2. The van der Waals surface area contributed by atoms with Crippen molar-refractivity contribution in [1.29, 1.82) is 0 Å². The Bertz CT molecular complexity index is 437. The van der Waals surface area contributed by atoms with Crippen LogP contribution in [0.15, 0.2) is 23.1 Å². The first kappa shape index (κ1) is 9.28. The molecule has 1 heterocycles. The van der Waals surface area contributed by atoms with Crippen molar-refractivity contribution in [3.63, 3.8) is 0 Å². The lowest BCUT2D eigenvalue weighted by Crippen LogP contribution is -2.24. The lowest BCUT2D eigenvalue weighted by atomic mass is 10.1. The van der Waals surface area contributed by atoms with Gasteiger partial charge in [-0.1, -0.05) is 6.07 Å². The number of anilines is 1. The van der Waals surface area contributed by atoms with Crippen molar-refractivity contribution >= 4 is 23.4 Å². The highest BCUT2D eigenvalue weighted by Crippen LogP contribution is 2.52. The van der Waals surface area contributed by atoms with Crippen molar-refractivity contribution in [2.45, 2.75) is 24.7 Å². The quantitative estimate of drug-likeness (QED) is 0.727. The molecular weight excluding hydrogens is 206 g/mol. The van der Waals surface area contributed by atoms with Crippen LogP contribution in [0.2, 0.25) is 0 Å². The summed E-state index contributed by atoms with van der Waals surface area (Å²) in [6.45, 7) is 2.05. The summed E-state index contributed by atoms with van der Waals surface area (Å²) in [5.74, 6) is 1.16. The fourth-order valence-corrected chi connectivity index (χ4v) is 3.21. The van der Waals surface area contributed by atoms with Gasteiger partial charge in [-0.3, -0.25) is 4.79 Å². The molecule has 0 unspecified atom stereocenters. The van der Waals surface area contributed by atoms with Gasteiger partial charge >= 0.3 is 0 Å². The summed E-state index contributed by atoms with van der Waals surface area (Å²) < 4.78 is 0. The maximum atomic E-state index is 11.9. The zero-order valence-electron chi connectivity index (χ0n) is 8.67. The van der Waals surface area contributed by atoms with Crippen molar-refractivity contribution in [2.24, 2.45) is 5.41 Å². The van der Waals surface area contributed by atoms with Crippen LogP contribution in [0.4, 0.5) is 5.69 Å². The Morgan fingerprint density at radius 3 is 2.93 bits per heavy atom. The van der Waals surface area contributed by atoms with Gasteiger partial charge in [-0.15, -0.1) is 11.8 Å². The Hall–Kier alpha value is -0.960. The average Bonchev–Trinajstić information content (AvgIpc) is 2.98. The van der Waals surface area contributed by atoms with Gasteiger partial charge in [0.25, 0.3) is 0 Å². The van der Waals surface area contributed by atoms with Crippen molar-refractivity contribution in [3.8, 4) is 0 Å². The number of aryl methyl sites for hydroxylation is 1. The molecule has 0 bridgehead atoms. The largest absolute Gasteiger partial charge is 0.325 e. The SMILES string of the molecule is Cc1ccc2c(c1)NC(=O)C1(CC1)CS2. The molecule has 3 heteroatoms. The van der Waals surface area contributed by atoms with Crippen LogP contribution >= 0.6 is 11.8 Å². The summed E-state index contributed by atoms with van der Waals surface area (Å²) in [5.41, 5.74) is 2.15. The molecule has 1 N–H and O–H groups in total. The fraction of sp³-hybridized carbons (Fsp3) is 0.417. The number of thioether (sulfide) groups is 1. The Morgan fingerprint density at radius 1 is 1.40 bits per heavy atom. The van der Waals surface area contributed by atoms with Crippen molar-refractivity contribution in [2.75, 3.05) is 11.1 Å². The van der Waals surface area contributed by atoms with Crippen molar-refractivity contribution in [1.82, 2.24) is 0 Å². The predicted octanol–water partition coefficient (Wildman–Crippen LogP) is 2.82. The van der Waals surface area contributed by atoms with Crippen LogP contribution < -0.4 is 5.32 Å². The van der Waals surface area contributed by atoms with Gasteiger partial charge in [0, 0.05) is 10.6 Å². The van der Waals surface area contributed by atoms with E-state index in [1.165, 1.54) is 10.5 Å². The van der Waals surface area contributed by atoms with E-state index >= 15 is 0 Å². The Kier molecular flexibility index (Phi) is 1.87. The van der Waals surface area contributed by atoms with Gasteiger partial charge in [-0.2, -0.15) is 0 Å². The summed E-state index contributed by atoms with van der Waals surface area (Å²) in [6.07, 6.45) is 2.11. The van der Waals surface area contributed by atoms with E-state index in [1.807, 2.05) is 11.8 Å². The van der Waals surface area contributed by atoms with Gasteiger partial charge in [0.05, 0.1) is 11.1 Å². The minimum atomic E-state index is -0.0441. The van der Waals surface area contributed by atoms with E-state index in [1.54, 1.807) is 0 Å². The molecule has 3 rings (SSSR count). The average molecular weight is 219 g/mol. The molecule has 1 aliphatic carbocycles. The van der Waals surface area contributed by atoms with Crippen LogP contribution in [0.3, 0.4) is 0 Å². The molecule has 78 valence electrons. The molecule has 1 spiro atoms. The van der Waals surface area contributed by atoms with Crippen LogP contribution in [-0.4, -0.2) is 11.7 Å². The highest BCUT2D eigenvalue weighted by molar-refractivity contribution is 7.99. The van der Waals surface area contributed by atoms with E-state index in [-0.39, 0.29) is 11.3 Å². The Balaban J connectivity index is 2.00. The third kappa shape index (κ3) is 1.46. The number of hydrogen-bond donors (Lipinski definition) is 1. The summed E-state index contributed by atoms with van der Waals surface area (Å²) >= 11 is 1.81. The number of benzene rings is 1. The van der Waals surface area contributed by atoms with Gasteiger partial charge in [-0.25, -0.2) is 0 Å². The molecule has 1 fully saturated rings. The summed E-state index contributed by atoms with van der Waals surface area (Å²) in [5, 5.41) is 3.06. The van der Waals surface area contributed by atoms with Crippen LogP contribution in [0.5, 0.6) is 0 Å². The van der Waals surface area contributed by atoms with Crippen LogP contribution in [0.1, 0.15) is 18.4 Å². The first-order valence-electron chi connectivity index (χ1n) is 5.25. The molecule has 15 heavy (non-hydrogen) atoms. The molecule has 0 aromatic heterocycles. The number of amides is 1. The zero-order chi connectivity index (χ0) is 10.5. The lowest BCUT2D eigenvalue weighted by molar-refractivity contribution is -0.120. The topological polar surface area (TPSA) is 29.1 Å². The minimum absolute atomic E-state index is 0.0441. The maximum absolute atomic E-state index is 11.9. The second-order valence-corrected chi connectivity index (χ2v) is 5.54. The molecule has 0 atom stereocenters. The smallest absolute Gasteiger partial charge is 0.231 e. The zero-order valence-corrected chi connectivity index (χ0v) is 9.49. The Labute approximate surface area is 93.4 Å². The molecule has 1 aromatic carbocycles. The van der Waals surface area contributed by atoms with Gasteiger partial charge < -0.3 is 5.32 Å². The maximum Gasteiger partial charge on any atom is 0.231 e. The molecule has 1 aromatic rings. The number of hydrogen-bond acceptors (Lipinski definition) is 2. The molecule has 2 aliphatic rings. The fourth-order valence-electron chi connectivity index (χ4n) is 1.93. The van der Waals surface area contributed by atoms with E-state index in [9.17, 15) is 4.79 Å². The number of carbonyl (C=O) groups is 1. The van der Waals surface area contributed by atoms with Crippen LogP contribution in [0.25, 0.3) is 0 Å². The predicted molar refractivity (Wildman–Crippen MR) is 62.2 cm³/mol. The Morgan fingerprint density at radius 2 is 2.20 bits per heavy atom. The normalized spacial score (nSPS) is 21.8. The van der Waals surface area contributed by atoms with Gasteiger partial charge in [0.1, 0.15) is 0 Å². The summed E-state index contributed by atoms with van der Waals surface area (Å²) in [6, 6.07) is 6.27. The monoisotopic (exact) mass is 219 g/mol. The molecule has 2 nitrogen and oxygen atoms in total. The molecule has 1 aliphatic heterocycles. The summed E-state index contributed by atoms with van der Waals surface area (Å²) in [4.78, 5) is 13.2. The second-order valence-electron chi connectivity index (χ2n) is 4.52.